The molecule has 3 aliphatic carbocycles. The SMILES string of the molecule is CC.CC1=CCCC=C1.CS.Cc1ccc2c(c1)C(C)(C)c1cc(-c3ccc4c(c3)c3cccc5c3n4C3=C(CCC=C3)C5(C)C)ccc1-2.c1ccc2ccccc2c1. The number of para-hydroxylation sites is 1. The van der Waals surface area contributed by atoms with E-state index in [1.165, 1.54) is 101 Å². The Labute approximate surface area is 359 Å². The molecular weight excluding hydrogens is 731 g/mol. The van der Waals surface area contributed by atoms with Crippen LogP contribution in [0.5, 0.6) is 0 Å². The highest BCUT2D eigenvalue weighted by molar-refractivity contribution is 7.79. The first-order valence-corrected chi connectivity index (χ1v) is 22.5. The molecule has 0 radical (unpaired) electrons. The Hall–Kier alpha value is -5.31. The summed E-state index contributed by atoms with van der Waals surface area (Å²) in [6.45, 7) is 17.9. The second kappa shape index (κ2) is 17.5. The maximum atomic E-state index is 3.53. The maximum Gasteiger partial charge on any atom is 0.0581 e. The van der Waals surface area contributed by atoms with Gasteiger partial charge in [-0.15, -0.1) is 0 Å². The van der Waals surface area contributed by atoms with E-state index in [2.05, 4.69) is 210 Å². The lowest BCUT2D eigenvalue weighted by Gasteiger charge is -2.37. The van der Waals surface area contributed by atoms with Crippen LogP contribution < -0.4 is 0 Å². The van der Waals surface area contributed by atoms with E-state index in [-0.39, 0.29) is 10.8 Å². The fraction of sp³-hybridized carbons (Fsp3) is 0.263. The van der Waals surface area contributed by atoms with Crippen molar-refractivity contribution in [2.45, 2.75) is 91.9 Å². The van der Waals surface area contributed by atoms with Crippen LogP contribution in [-0.4, -0.2) is 10.8 Å². The van der Waals surface area contributed by atoms with Gasteiger partial charge < -0.3 is 4.57 Å². The van der Waals surface area contributed by atoms with E-state index in [1.54, 1.807) is 11.8 Å². The average molecular weight is 792 g/mol. The van der Waals surface area contributed by atoms with E-state index in [0.29, 0.717) is 0 Å². The summed E-state index contributed by atoms with van der Waals surface area (Å²) in [4.78, 5) is 0. The number of fused-ring (bicyclic) bond motifs is 8. The first-order chi connectivity index (χ1) is 28.6. The minimum absolute atomic E-state index is 0.00223. The fourth-order valence-corrected chi connectivity index (χ4v) is 9.57. The molecule has 1 aromatic heterocycles. The molecule has 4 aliphatic rings. The van der Waals surface area contributed by atoms with Gasteiger partial charge in [-0.2, -0.15) is 12.6 Å². The number of benzene rings is 6. The van der Waals surface area contributed by atoms with Gasteiger partial charge in [-0.25, -0.2) is 0 Å². The van der Waals surface area contributed by atoms with Gasteiger partial charge in [0.25, 0.3) is 0 Å². The molecule has 0 bridgehead atoms. The molecule has 6 aromatic carbocycles. The van der Waals surface area contributed by atoms with Crippen LogP contribution in [0, 0.1) is 6.92 Å². The smallest absolute Gasteiger partial charge is 0.0581 e. The zero-order valence-corrected chi connectivity index (χ0v) is 37.6. The number of thiol groups is 1. The lowest BCUT2D eigenvalue weighted by Crippen LogP contribution is -2.28. The Kier molecular flexibility index (Phi) is 12.4. The van der Waals surface area contributed by atoms with Crippen LogP contribution in [-0.2, 0) is 10.8 Å². The van der Waals surface area contributed by atoms with Gasteiger partial charge in [-0.3, -0.25) is 0 Å². The van der Waals surface area contributed by atoms with Crippen molar-refractivity contribution in [2.24, 2.45) is 0 Å². The Morgan fingerprint density at radius 2 is 1.15 bits per heavy atom. The van der Waals surface area contributed by atoms with Crippen LogP contribution >= 0.6 is 12.6 Å². The number of aryl methyl sites for hydroxylation is 1. The molecule has 0 saturated heterocycles. The van der Waals surface area contributed by atoms with Crippen molar-refractivity contribution in [1.29, 1.82) is 0 Å². The second-order valence-electron chi connectivity index (χ2n) is 16.9. The number of nitrogens with zero attached hydrogens (tertiary/aromatic N) is 1. The van der Waals surface area contributed by atoms with Crippen molar-refractivity contribution in [3.05, 3.63) is 185 Å². The third-order valence-corrected chi connectivity index (χ3v) is 12.6. The largest absolute Gasteiger partial charge is 0.309 e. The van der Waals surface area contributed by atoms with E-state index >= 15 is 0 Å². The summed E-state index contributed by atoms with van der Waals surface area (Å²) in [5.41, 5.74) is 18.1. The van der Waals surface area contributed by atoms with E-state index < -0.39 is 0 Å². The molecule has 2 heteroatoms. The van der Waals surface area contributed by atoms with Crippen LogP contribution in [0.4, 0.5) is 0 Å². The van der Waals surface area contributed by atoms with Gasteiger partial charge in [0.2, 0.25) is 0 Å². The fourth-order valence-electron chi connectivity index (χ4n) is 9.57. The quantitative estimate of drug-likeness (QED) is 0.158. The van der Waals surface area contributed by atoms with Gasteiger partial charge >= 0.3 is 0 Å². The molecule has 0 fully saturated rings. The molecule has 1 nitrogen and oxygen atoms in total. The minimum Gasteiger partial charge on any atom is -0.309 e. The predicted octanol–water partition coefficient (Wildman–Crippen LogP) is 16.6. The molecule has 11 rings (SSSR count). The van der Waals surface area contributed by atoms with Crippen molar-refractivity contribution in [1.82, 2.24) is 4.57 Å². The van der Waals surface area contributed by atoms with Crippen molar-refractivity contribution in [3.8, 4) is 22.3 Å². The first-order valence-electron chi connectivity index (χ1n) is 21.6. The van der Waals surface area contributed by atoms with Gasteiger partial charge in [-0.05, 0) is 125 Å². The molecule has 1 aliphatic heterocycles. The molecule has 0 unspecified atom stereocenters. The van der Waals surface area contributed by atoms with Crippen molar-refractivity contribution in [3.63, 3.8) is 0 Å². The van der Waals surface area contributed by atoms with E-state index in [4.69, 9.17) is 0 Å². The van der Waals surface area contributed by atoms with Gasteiger partial charge in [0.15, 0.2) is 0 Å². The predicted molar refractivity (Wildman–Crippen MR) is 264 cm³/mol. The maximum absolute atomic E-state index is 3.53. The zero-order chi connectivity index (χ0) is 41.9. The van der Waals surface area contributed by atoms with Crippen molar-refractivity contribution >= 4 is 50.9 Å². The van der Waals surface area contributed by atoms with Gasteiger partial charge in [-0.1, -0.05) is 180 Å². The third-order valence-electron chi connectivity index (χ3n) is 12.6. The molecule has 300 valence electrons. The molecule has 2 heterocycles. The number of hydrogen-bond donors (Lipinski definition) is 1. The minimum atomic E-state index is 0.00223. The Bertz CT molecular complexity index is 2710. The van der Waals surface area contributed by atoms with E-state index in [1.807, 2.05) is 13.8 Å². The molecule has 59 heavy (non-hydrogen) atoms. The summed E-state index contributed by atoms with van der Waals surface area (Å²) in [5, 5.41) is 5.33. The number of rotatable bonds is 1. The monoisotopic (exact) mass is 791 g/mol. The molecule has 0 N–H and O–H groups in total. The second-order valence-corrected chi connectivity index (χ2v) is 16.9. The summed E-state index contributed by atoms with van der Waals surface area (Å²) < 4.78 is 2.55. The van der Waals surface area contributed by atoms with Crippen LogP contribution in [0.15, 0.2) is 163 Å². The van der Waals surface area contributed by atoms with Crippen LogP contribution in [0.2, 0.25) is 0 Å². The molecular formula is C57H61NS. The highest BCUT2D eigenvalue weighted by atomic mass is 32.1. The summed E-state index contributed by atoms with van der Waals surface area (Å²) >= 11 is 3.53. The molecule has 7 aromatic rings. The normalized spacial score (nSPS) is 15.9. The summed E-state index contributed by atoms with van der Waals surface area (Å²) in [7, 11) is 0. The highest BCUT2D eigenvalue weighted by Gasteiger charge is 2.37. The zero-order valence-electron chi connectivity index (χ0n) is 36.7. The van der Waals surface area contributed by atoms with Gasteiger partial charge in [0, 0.05) is 27.3 Å². The molecule has 0 saturated carbocycles. The lowest BCUT2D eigenvalue weighted by atomic mass is 9.71. The van der Waals surface area contributed by atoms with Crippen molar-refractivity contribution < 1.29 is 0 Å². The molecule has 0 amide bonds. The molecule has 0 atom stereocenters. The Morgan fingerprint density at radius 3 is 1.78 bits per heavy atom. The summed E-state index contributed by atoms with van der Waals surface area (Å²) in [5.74, 6) is 0. The molecule has 0 spiro atoms. The number of allylic oxidation sites excluding steroid dienone is 8. The average Bonchev–Trinajstić information content (AvgIpc) is 3.72. The topological polar surface area (TPSA) is 4.93 Å². The first kappa shape index (κ1) is 41.8. The standard InChI is InChI=1S/C37H33N.C10H8.C7H10.C2H6.CH4S/c1-22-13-16-25-26-17-14-24(21-32(26)37(4,5)31(25)19-22)23-15-18-33-28(20-23)27-9-8-11-30-35(27)38(33)34-12-7-6-10-29(34)36(30,2)3;1-2-6-10-8-4-3-7-9(10)5-1;1-7-5-3-2-4-6-7;2*1-2/h7-9,11-21H,6,10H2,1-5H3;1-8H;3,5-6H,2,4H2,1H3;1-2H3;2H,1H3. The van der Waals surface area contributed by atoms with Gasteiger partial charge in [0.1, 0.15) is 0 Å². The lowest BCUT2D eigenvalue weighted by molar-refractivity contribution is 0.585. The van der Waals surface area contributed by atoms with E-state index in [9.17, 15) is 0 Å². The van der Waals surface area contributed by atoms with E-state index in [0.717, 1.165) is 12.8 Å². The Balaban J connectivity index is 0.000000206. The van der Waals surface area contributed by atoms with Crippen LogP contribution in [0.1, 0.15) is 96.4 Å². The number of aromatic nitrogens is 1. The van der Waals surface area contributed by atoms with Crippen LogP contribution in [0.3, 0.4) is 0 Å². The summed E-state index contributed by atoms with van der Waals surface area (Å²) in [6, 6.07) is 44.8. The van der Waals surface area contributed by atoms with Crippen molar-refractivity contribution in [2.75, 3.05) is 6.26 Å². The third kappa shape index (κ3) is 7.69. The Morgan fingerprint density at radius 1 is 0.542 bits per heavy atom. The summed E-state index contributed by atoms with van der Waals surface area (Å²) in [6.07, 6.45) is 17.8. The number of hydrogen-bond acceptors (Lipinski definition) is 1. The van der Waals surface area contributed by atoms with Crippen LogP contribution in [0.25, 0.3) is 60.5 Å². The van der Waals surface area contributed by atoms with Gasteiger partial charge in [0.05, 0.1) is 11.0 Å². The highest BCUT2D eigenvalue weighted by Crippen LogP contribution is 2.52.